The number of hydrogen-bond acceptors (Lipinski definition) is 2. The van der Waals surface area contributed by atoms with Crippen LogP contribution >= 0.6 is 0 Å². The van der Waals surface area contributed by atoms with Crippen LogP contribution < -0.4 is 4.90 Å². The number of nitrogens with zero attached hydrogens (tertiary/aromatic N) is 2. The largest absolute Gasteiger partial charge is 0.454 e. The standard InChI is InChI=1S/C67H42N2O/c1-3-18-44(19-4-1)48-22-9-14-30-59(48)69(62-32-17-27-52-51-24-11-16-33-63(51)70-66(52)62)47-37-34-43(35-38-47)45-36-39-50-49-23-7-12-28-55(49)67(58(50)42-45)56-29-13-8-25-53(56)64-57(67)40-41-61-65(64)54-26-10-15-31-60(54)68(61)46-20-5-2-6-21-46/h1-42H. The topological polar surface area (TPSA) is 21.3 Å². The lowest BCUT2D eigenvalue weighted by Crippen LogP contribution is -2.25. The van der Waals surface area contributed by atoms with Crippen molar-refractivity contribution in [3.8, 4) is 50.2 Å². The van der Waals surface area contributed by atoms with Gasteiger partial charge in [0.2, 0.25) is 0 Å². The van der Waals surface area contributed by atoms with Gasteiger partial charge < -0.3 is 13.9 Å². The highest BCUT2D eigenvalue weighted by atomic mass is 16.3. The van der Waals surface area contributed by atoms with E-state index in [1.165, 1.54) is 71.9 Å². The monoisotopic (exact) mass is 890 g/mol. The van der Waals surface area contributed by atoms with Crippen LogP contribution in [0.1, 0.15) is 22.3 Å². The van der Waals surface area contributed by atoms with Crippen molar-refractivity contribution < 1.29 is 4.42 Å². The average molecular weight is 891 g/mol. The Kier molecular flexibility index (Phi) is 8.28. The molecule has 11 aromatic carbocycles. The predicted molar refractivity (Wildman–Crippen MR) is 290 cm³/mol. The Morgan fingerprint density at radius 2 is 0.971 bits per heavy atom. The van der Waals surface area contributed by atoms with E-state index in [-0.39, 0.29) is 0 Å². The van der Waals surface area contributed by atoms with Crippen molar-refractivity contribution in [2.45, 2.75) is 5.41 Å². The van der Waals surface area contributed by atoms with Gasteiger partial charge in [0.05, 0.1) is 27.8 Å². The molecule has 3 heteroatoms. The molecule has 2 aliphatic carbocycles. The van der Waals surface area contributed by atoms with Crippen LogP contribution in [0.4, 0.5) is 17.1 Å². The molecule has 15 rings (SSSR count). The smallest absolute Gasteiger partial charge is 0.159 e. The summed E-state index contributed by atoms with van der Waals surface area (Å²) in [5.41, 5.74) is 23.1. The van der Waals surface area contributed by atoms with E-state index in [0.29, 0.717) is 0 Å². The summed E-state index contributed by atoms with van der Waals surface area (Å²) in [5, 5.41) is 4.77. The lowest BCUT2D eigenvalue weighted by molar-refractivity contribution is 0.669. The molecule has 70 heavy (non-hydrogen) atoms. The number of para-hydroxylation sites is 5. The molecule has 0 saturated heterocycles. The van der Waals surface area contributed by atoms with Gasteiger partial charge in [-0.1, -0.05) is 194 Å². The van der Waals surface area contributed by atoms with Crippen LogP contribution in [0, 0.1) is 0 Å². The van der Waals surface area contributed by atoms with E-state index in [1.807, 2.05) is 6.07 Å². The third-order valence-corrected chi connectivity index (χ3v) is 15.2. The Morgan fingerprint density at radius 1 is 0.357 bits per heavy atom. The Bertz CT molecular complexity index is 4240. The van der Waals surface area contributed by atoms with Crippen LogP contribution in [-0.4, -0.2) is 4.57 Å². The molecule has 2 heterocycles. The molecular formula is C67H42N2O. The molecule has 2 aromatic heterocycles. The second-order valence-electron chi connectivity index (χ2n) is 18.7. The SMILES string of the molecule is c1ccc(-c2ccccc2N(c2ccc(-c3ccc4c(c3)C3(c5ccccc5-4)c4ccccc4-c4c3ccc3c4c4ccccc4n3-c3ccccc3)cc2)c2cccc3c2oc2ccccc23)cc1. The Balaban J connectivity index is 0.924. The molecule has 0 radical (unpaired) electrons. The molecule has 1 spiro atoms. The molecule has 0 fully saturated rings. The van der Waals surface area contributed by atoms with E-state index in [9.17, 15) is 0 Å². The molecule has 1 atom stereocenters. The first kappa shape index (κ1) is 38.9. The first-order valence-electron chi connectivity index (χ1n) is 24.2. The van der Waals surface area contributed by atoms with Crippen molar-refractivity contribution in [1.29, 1.82) is 0 Å². The summed E-state index contributed by atoms with van der Waals surface area (Å²) in [6.07, 6.45) is 0. The second kappa shape index (κ2) is 14.9. The van der Waals surface area contributed by atoms with Gasteiger partial charge in [-0.2, -0.15) is 0 Å². The quantitative estimate of drug-likeness (QED) is 0.166. The van der Waals surface area contributed by atoms with Crippen molar-refractivity contribution in [3.05, 3.63) is 277 Å². The van der Waals surface area contributed by atoms with E-state index in [4.69, 9.17) is 4.42 Å². The Morgan fingerprint density at radius 3 is 1.80 bits per heavy atom. The van der Waals surface area contributed by atoms with Crippen LogP contribution in [0.25, 0.3) is 93.9 Å². The average Bonchev–Trinajstić information content (AvgIpc) is 4.16. The maximum Gasteiger partial charge on any atom is 0.159 e. The number of furan rings is 1. The zero-order chi connectivity index (χ0) is 45.9. The number of anilines is 3. The molecule has 0 saturated carbocycles. The lowest BCUT2D eigenvalue weighted by atomic mass is 9.70. The van der Waals surface area contributed by atoms with Crippen molar-refractivity contribution in [2.75, 3.05) is 4.90 Å². The lowest BCUT2D eigenvalue weighted by Gasteiger charge is -2.31. The van der Waals surface area contributed by atoms with Gasteiger partial charge in [-0.05, 0) is 122 Å². The van der Waals surface area contributed by atoms with Crippen molar-refractivity contribution >= 4 is 60.8 Å². The highest BCUT2D eigenvalue weighted by molar-refractivity contribution is 6.19. The summed E-state index contributed by atoms with van der Waals surface area (Å²) in [7, 11) is 0. The Labute approximate surface area is 405 Å². The zero-order valence-electron chi connectivity index (χ0n) is 38.1. The minimum atomic E-state index is -0.513. The van der Waals surface area contributed by atoms with Gasteiger partial charge in [0.1, 0.15) is 5.58 Å². The maximum atomic E-state index is 6.73. The second-order valence-corrected chi connectivity index (χ2v) is 18.7. The van der Waals surface area contributed by atoms with Crippen LogP contribution in [-0.2, 0) is 5.41 Å². The van der Waals surface area contributed by atoms with Gasteiger partial charge in [0, 0.05) is 38.5 Å². The van der Waals surface area contributed by atoms with Gasteiger partial charge >= 0.3 is 0 Å². The minimum Gasteiger partial charge on any atom is -0.454 e. The van der Waals surface area contributed by atoms with E-state index < -0.39 is 5.41 Å². The number of fused-ring (bicyclic) bond motifs is 17. The van der Waals surface area contributed by atoms with Crippen molar-refractivity contribution in [2.24, 2.45) is 0 Å². The predicted octanol–water partition coefficient (Wildman–Crippen LogP) is 17.8. The van der Waals surface area contributed by atoms with Crippen LogP contribution in [0.5, 0.6) is 0 Å². The summed E-state index contributed by atoms with van der Waals surface area (Å²) in [6, 6.07) is 93.3. The third kappa shape index (κ3) is 5.34. The van der Waals surface area contributed by atoms with Gasteiger partial charge in [0.25, 0.3) is 0 Å². The highest BCUT2D eigenvalue weighted by Crippen LogP contribution is 2.64. The number of benzene rings is 11. The Hall–Kier alpha value is -9.18. The number of aromatic nitrogens is 1. The molecule has 0 aliphatic heterocycles. The highest BCUT2D eigenvalue weighted by Gasteiger charge is 2.52. The summed E-state index contributed by atoms with van der Waals surface area (Å²) < 4.78 is 9.17. The fourth-order valence-corrected chi connectivity index (χ4v) is 12.4. The summed E-state index contributed by atoms with van der Waals surface area (Å²) in [6.45, 7) is 0. The molecule has 1 unspecified atom stereocenters. The van der Waals surface area contributed by atoms with Crippen LogP contribution in [0.15, 0.2) is 259 Å². The van der Waals surface area contributed by atoms with Gasteiger partial charge in [-0.3, -0.25) is 0 Å². The molecule has 3 nitrogen and oxygen atoms in total. The molecule has 0 N–H and O–H groups in total. The van der Waals surface area contributed by atoms with Crippen LogP contribution in [0.2, 0.25) is 0 Å². The molecule has 0 bridgehead atoms. The first-order chi connectivity index (χ1) is 34.8. The van der Waals surface area contributed by atoms with Gasteiger partial charge in [-0.15, -0.1) is 0 Å². The molecular weight excluding hydrogens is 849 g/mol. The molecule has 0 amide bonds. The summed E-state index contributed by atoms with van der Waals surface area (Å²) in [4.78, 5) is 2.37. The van der Waals surface area contributed by atoms with Crippen LogP contribution in [0.3, 0.4) is 0 Å². The number of rotatable bonds is 6. The van der Waals surface area contributed by atoms with Gasteiger partial charge in [-0.25, -0.2) is 0 Å². The first-order valence-corrected chi connectivity index (χ1v) is 24.2. The zero-order valence-corrected chi connectivity index (χ0v) is 38.1. The maximum absolute atomic E-state index is 6.73. The third-order valence-electron chi connectivity index (χ3n) is 15.2. The molecule has 326 valence electrons. The normalized spacial score (nSPS) is 14.3. The summed E-state index contributed by atoms with van der Waals surface area (Å²) in [5.74, 6) is 0. The van der Waals surface area contributed by atoms with Crippen molar-refractivity contribution in [1.82, 2.24) is 4.57 Å². The fourth-order valence-electron chi connectivity index (χ4n) is 12.4. The van der Waals surface area contributed by atoms with E-state index in [2.05, 4.69) is 258 Å². The van der Waals surface area contributed by atoms with E-state index >= 15 is 0 Å². The van der Waals surface area contributed by atoms with Crippen molar-refractivity contribution in [3.63, 3.8) is 0 Å². The fraction of sp³-hybridized carbons (Fsp3) is 0.0149. The minimum absolute atomic E-state index is 0.513. The number of hydrogen-bond donors (Lipinski definition) is 0. The van der Waals surface area contributed by atoms with E-state index in [1.54, 1.807) is 0 Å². The summed E-state index contributed by atoms with van der Waals surface area (Å²) >= 11 is 0. The molecule has 2 aliphatic rings. The van der Waals surface area contributed by atoms with E-state index in [0.717, 1.165) is 61.4 Å². The van der Waals surface area contributed by atoms with Gasteiger partial charge in [0.15, 0.2) is 5.58 Å². The molecule has 13 aromatic rings.